The minimum Gasteiger partial charge on any atom is -0.482 e. The van der Waals surface area contributed by atoms with Crippen LogP contribution < -0.4 is 10.1 Å². The summed E-state index contributed by atoms with van der Waals surface area (Å²) in [6, 6.07) is 11.9. The van der Waals surface area contributed by atoms with Gasteiger partial charge in [0, 0.05) is 18.3 Å². The van der Waals surface area contributed by atoms with E-state index in [9.17, 15) is 14.4 Å². The van der Waals surface area contributed by atoms with Crippen LogP contribution in [-0.4, -0.2) is 48.0 Å². The third kappa shape index (κ3) is 5.57. The summed E-state index contributed by atoms with van der Waals surface area (Å²) >= 11 is 0. The zero-order valence-electron chi connectivity index (χ0n) is 15.5. The SMILES string of the molecule is Cc1cccc(C)c1NC(=O)CN(C)C(=O)c1cccc(OCC(=O)O)c1. The zero-order chi connectivity index (χ0) is 20.0. The minimum absolute atomic E-state index is 0.118. The van der Waals surface area contributed by atoms with Crippen LogP contribution >= 0.6 is 0 Å². The molecule has 7 nitrogen and oxygen atoms in total. The number of carboxylic acid groups (broad SMARTS) is 1. The fraction of sp³-hybridized carbons (Fsp3) is 0.250. The maximum absolute atomic E-state index is 12.5. The molecule has 0 fully saturated rings. The number of carboxylic acids is 1. The van der Waals surface area contributed by atoms with Gasteiger partial charge < -0.3 is 20.1 Å². The monoisotopic (exact) mass is 370 g/mol. The minimum atomic E-state index is -1.10. The molecule has 0 heterocycles. The second kappa shape index (κ2) is 8.84. The Morgan fingerprint density at radius 3 is 2.33 bits per heavy atom. The van der Waals surface area contributed by atoms with Crippen molar-refractivity contribution in [1.29, 1.82) is 0 Å². The van der Waals surface area contributed by atoms with Gasteiger partial charge in [-0.1, -0.05) is 24.3 Å². The Balaban J connectivity index is 2.01. The standard InChI is InChI=1S/C20H22N2O5/c1-13-6-4-7-14(2)19(13)21-17(23)11-22(3)20(26)15-8-5-9-16(10-15)27-12-18(24)25/h4-10H,11-12H2,1-3H3,(H,21,23)(H,24,25). The molecule has 0 radical (unpaired) electrons. The number of hydrogen-bond acceptors (Lipinski definition) is 4. The van der Waals surface area contributed by atoms with E-state index in [1.54, 1.807) is 18.2 Å². The van der Waals surface area contributed by atoms with Crippen molar-refractivity contribution >= 4 is 23.5 Å². The molecule has 0 aliphatic carbocycles. The number of amides is 2. The molecule has 142 valence electrons. The van der Waals surface area contributed by atoms with Gasteiger partial charge in [0.2, 0.25) is 5.91 Å². The van der Waals surface area contributed by atoms with Crippen molar-refractivity contribution in [2.75, 3.05) is 25.5 Å². The predicted octanol–water partition coefficient (Wildman–Crippen LogP) is 2.48. The van der Waals surface area contributed by atoms with E-state index in [1.807, 2.05) is 32.0 Å². The first-order valence-corrected chi connectivity index (χ1v) is 8.34. The van der Waals surface area contributed by atoms with Crippen molar-refractivity contribution in [3.8, 4) is 5.75 Å². The highest BCUT2D eigenvalue weighted by Crippen LogP contribution is 2.19. The van der Waals surface area contributed by atoms with E-state index < -0.39 is 12.6 Å². The van der Waals surface area contributed by atoms with Crippen LogP contribution in [0.2, 0.25) is 0 Å². The maximum atomic E-state index is 12.5. The highest BCUT2D eigenvalue weighted by Gasteiger charge is 2.17. The lowest BCUT2D eigenvalue weighted by Crippen LogP contribution is -2.35. The average molecular weight is 370 g/mol. The summed E-state index contributed by atoms with van der Waals surface area (Å²) in [6.45, 7) is 3.19. The zero-order valence-corrected chi connectivity index (χ0v) is 15.5. The number of nitrogens with one attached hydrogen (secondary N) is 1. The van der Waals surface area contributed by atoms with Crippen molar-refractivity contribution in [2.45, 2.75) is 13.8 Å². The van der Waals surface area contributed by atoms with Gasteiger partial charge in [-0.2, -0.15) is 0 Å². The van der Waals surface area contributed by atoms with Gasteiger partial charge in [-0.25, -0.2) is 4.79 Å². The van der Waals surface area contributed by atoms with Gasteiger partial charge in [0.05, 0.1) is 6.54 Å². The average Bonchev–Trinajstić information content (AvgIpc) is 2.62. The third-order valence-corrected chi connectivity index (χ3v) is 3.92. The second-order valence-electron chi connectivity index (χ2n) is 6.19. The van der Waals surface area contributed by atoms with Crippen LogP contribution in [0.25, 0.3) is 0 Å². The van der Waals surface area contributed by atoms with Crippen LogP contribution in [0, 0.1) is 13.8 Å². The number of para-hydroxylation sites is 1. The van der Waals surface area contributed by atoms with Crippen LogP contribution in [-0.2, 0) is 9.59 Å². The Hall–Kier alpha value is -3.35. The fourth-order valence-electron chi connectivity index (χ4n) is 2.56. The summed E-state index contributed by atoms with van der Waals surface area (Å²) in [5.41, 5.74) is 2.94. The van der Waals surface area contributed by atoms with E-state index in [-0.39, 0.29) is 24.1 Å². The van der Waals surface area contributed by atoms with Gasteiger partial charge in [-0.15, -0.1) is 0 Å². The fourth-order valence-corrected chi connectivity index (χ4v) is 2.56. The van der Waals surface area contributed by atoms with Gasteiger partial charge in [-0.3, -0.25) is 9.59 Å². The lowest BCUT2D eigenvalue weighted by Gasteiger charge is -2.18. The molecule has 0 saturated heterocycles. The van der Waals surface area contributed by atoms with Gasteiger partial charge in [0.15, 0.2) is 6.61 Å². The number of carbonyl (C=O) groups excluding carboxylic acids is 2. The topological polar surface area (TPSA) is 95.9 Å². The van der Waals surface area contributed by atoms with Crippen LogP contribution in [0.1, 0.15) is 21.5 Å². The molecule has 27 heavy (non-hydrogen) atoms. The van der Waals surface area contributed by atoms with E-state index in [0.717, 1.165) is 16.8 Å². The molecule has 2 rings (SSSR count). The molecule has 2 aromatic rings. The van der Waals surface area contributed by atoms with E-state index in [2.05, 4.69) is 5.32 Å². The number of hydrogen-bond donors (Lipinski definition) is 2. The van der Waals surface area contributed by atoms with Crippen LogP contribution in [0.5, 0.6) is 5.75 Å². The number of benzene rings is 2. The van der Waals surface area contributed by atoms with Gasteiger partial charge in [0.1, 0.15) is 5.75 Å². The van der Waals surface area contributed by atoms with Crippen LogP contribution in [0.4, 0.5) is 5.69 Å². The number of nitrogens with zero attached hydrogens (tertiary/aromatic N) is 1. The van der Waals surface area contributed by atoms with E-state index in [0.29, 0.717) is 5.56 Å². The van der Waals surface area contributed by atoms with Crippen LogP contribution in [0.15, 0.2) is 42.5 Å². The van der Waals surface area contributed by atoms with E-state index in [4.69, 9.17) is 9.84 Å². The largest absolute Gasteiger partial charge is 0.482 e. The Labute approximate surface area is 157 Å². The number of likely N-dealkylation sites (N-methyl/N-ethyl adjacent to an activating group) is 1. The van der Waals surface area contributed by atoms with Crippen molar-refractivity contribution in [3.63, 3.8) is 0 Å². The number of rotatable bonds is 7. The smallest absolute Gasteiger partial charge is 0.341 e. The first-order valence-electron chi connectivity index (χ1n) is 8.34. The normalized spacial score (nSPS) is 10.2. The third-order valence-electron chi connectivity index (χ3n) is 3.92. The van der Waals surface area contributed by atoms with Crippen molar-refractivity contribution in [1.82, 2.24) is 4.90 Å². The summed E-state index contributed by atoms with van der Waals surface area (Å²) < 4.78 is 5.07. The summed E-state index contributed by atoms with van der Waals surface area (Å²) in [5.74, 6) is -1.50. The second-order valence-corrected chi connectivity index (χ2v) is 6.19. The number of aryl methyl sites for hydroxylation is 2. The molecule has 0 bridgehead atoms. The highest BCUT2D eigenvalue weighted by atomic mass is 16.5. The molecule has 0 atom stereocenters. The molecule has 0 unspecified atom stereocenters. The molecule has 2 amide bonds. The molecule has 0 saturated carbocycles. The molecule has 2 aromatic carbocycles. The Morgan fingerprint density at radius 2 is 1.70 bits per heavy atom. The quantitative estimate of drug-likeness (QED) is 0.781. The molecule has 0 spiro atoms. The molecule has 7 heteroatoms. The number of aliphatic carboxylic acids is 1. The van der Waals surface area contributed by atoms with Gasteiger partial charge in [0.25, 0.3) is 5.91 Å². The Kier molecular flexibility index (Phi) is 6.54. The maximum Gasteiger partial charge on any atom is 0.341 e. The Morgan fingerprint density at radius 1 is 1.07 bits per heavy atom. The van der Waals surface area contributed by atoms with Crippen molar-refractivity contribution in [3.05, 3.63) is 59.2 Å². The summed E-state index contributed by atoms with van der Waals surface area (Å²) in [6.07, 6.45) is 0. The lowest BCUT2D eigenvalue weighted by atomic mass is 10.1. The molecular weight excluding hydrogens is 348 g/mol. The van der Waals surface area contributed by atoms with Crippen molar-refractivity contribution < 1.29 is 24.2 Å². The molecular formula is C20H22N2O5. The van der Waals surface area contributed by atoms with Gasteiger partial charge in [-0.05, 0) is 43.2 Å². The molecule has 0 aromatic heterocycles. The highest BCUT2D eigenvalue weighted by molar-refractivity contribution is 5.99. The van der Waals surface area contributed by atoms with E-state index in [1.165, 1.54) is 18.0 Å². The number of ether oxygens (including phenoxy) is 1. The summed E-state index contributed by atoms with van der Waals surface area (Å²) in [5, 5.41) is 11.5. The van der Waals surface area contributed by atoms with E-state index >= 15 is 0 Å². The summed E-state index contributed by atoms with van der Waals surface area (Å²) in [4.78, 5) is 36.7. The predicted molar refractivity (Wildman–Crippen MR) is 101 cm³/mol. The Bertz CT molecular complexity index is 843. The number of carbonyl (C=O) groups is 3. The first-order chi connectivity index (χ1) is 12.8. The summed E-state index contributed by atoms with van der Waals surface area (Å²) in [7, 11) is 1.53. The molecule has 2 N–H and O–H groups in total. The van der Waals surface area contributed by atoms with Gasteiger partial charge >= 0.3 is 5.97 Å². The first kappa shape index (κ1) is 20.0. The van der Waals surface area contributed by atoms with Crippen LogP contribution in [0.3, 0.4) is 0 Å². The molecule has 0 aliphatic rings. The number of anilines is 1. The lowest BCUT2D eigenvalue weighted by molar-refractivity contribution is -0.139. The van der Waals surface area contributed by atoms with Crippen molar-refractivity contribution in [2.24, 2.45) is 0 Å². The molecule has 0 aliphatic heterocycles.